The average molecular weight is 461 g/mol. The molecule has 0 bridgehead atoms. The minimum atomic E-state index is -0.0637. The topological polar surface area (TPSA) is 29.5 Å². The second kappa shape index (κ2) is 14.9. The standard InChI is InChI=1S/C28H48O2.C3H8/c1-20(2)11-8-12-21(3)13-9-14-22(4)15-10-17-28(7)18-16-25-19-26(29)23(5)24(6)27(25)30-28;1-3-2/h19-22,29H,8-18H2,1-7H3;3H2,1-2H3/t21-,22-,28-;/m1./s1. The first-order valence-corrected chi connectivity index (χ1v) is 14.0. The molecule has 0 saturated heterocycles. The van der Waals surface area contributed by atoms with Crippen molar-refractivity contribution in [3.05, 3.63) is 22.8 Å². The molecule has 1 aromatic carbocycles. The van der Waals surface area contributed by atoms with E-state index in [4.69, 9.17) is 4.74 Å². The van der Waals surface area contributed by atoms with Crippen LogP contribution in [0, 0.1) is 31.6 Å². The maximum absolute atomic E-state index is 10.1. The van der Waals surface area contributed by atoms with Crippen molar-refractivity contribution < 1.29 is 9.84 Å². The fraction of sp³-hybridized carbons (Fsp3) is 0.806. The zero-order chi connectivity index (χ0) is 25.0. The van der Waals surface area contributed by atoms with Crippen LogP contribution >= 0.6 is 0 Å². The zero-order valence-corrected chi connectivity index (χ0v) is 23.7. The molecule has 1 N–H and O–H groups in total. The molecule has 33 heavy (non-hydrogen) atoms. The lowest BCUT2D eigenvalue weighted by Crippen LogP contribution is -2.36. The van der Waals surface area contributed by atoms with Gasteiger partial charge in [-0.2, -0.15) is 0 Å². The highest BCUT2D eigenvalue weighted by Gasteiger charge is 2.33. The summed E-state index contributed by atoms with van der Waals surface area (Å²) in [5, 5.41) is 10.1. The molecule has 2 nitrogen and oxygen atoms in total. The van der Waals surface area contributed by atoms with Crippen LogP contribution in [-0.4, -0.2) is 10.7 Å². The number of phenolic OH excluding ortho intramolecular Hbond substituents is 1. The average Bonchev–Trinajstić information content (AvgIpc) is 2.73. The van der Waals surface area contributed by atoms with Crippen LogP contribution < -0.4 is 4.74 Å². The predicted molar refractivity (Wildman–Crippen MR) is 146 cm³/mol. The fourth-order valence-corrected chi connectivity index (χ4v) is 4.94. The van der Waals surface area contributed by atoms with Gasteiger partial charge in [0, 0.05) is 0 Å². The molecular weight excluding hydrogens is 404 g/mol. The van der Waals surface area contributed by atoms with Crippen LogP contribution in [0.5, 0.6) is 11.5 Å². The second-order valence-electron chi connectivity index (χ2n) is 11.8. The Morgan fingerprint density at radius 3 is 1.94 bits per heavy atom. The summed E-state index contributed by atoms with van der Waals surface area (Å²) in [7, 11) is 0. The van der Waals surface area contributed by atoms with Gasteiger partial charge in [-0.05, 0) is 87.0 Å². The molecule has 3 atom stereocenters. The molecule has 1 aliphatic rings. The van der Waals surface area contributed by atoms with Crippen LogP contribution in [0.1, 0.15) is 136 Å². The van der Waals surface area contributed by atoms with Gasteiger partial charge in [0.05, 0.1) is 0 Å². The van der Waals surface area contributed by atoms with Crippen LogP contribution in [-0.2, 0) is 6.42 Å². The number of fused-ring (bicyclic) bond motifs is 1. The summed E-state index contributed by atoms with van der Waals surface area (Å²) < 4.78 is 6.52. The summed E-state index contributed by atoms with van der Waals surface area (Å²) in [6.07, 6.45) is 15.3. The van der Waals surface area contributed by atoms with E-state index < -0.39 is 0 Å². The van der Waals surface area contributed by atoms with E-state index in [0.29, 0.717) is 5.75 Å². The summed E-state index contributed by atoms with van der Waals surface area (Å²) in [6.45, 7) is 20.1. The molecule has 0 saturated carbocycles. The summed E-state index contributed by atoms with van der Waals surface area (Å²) in [6, 6.07) is 1.91. The molecule has 0 aromatic heterocycles. The fourth-order valence-electron chi connectivity index (χ4n) is 4.94. The van der Waals surface area contributed by atoms with Crippen LogP contribution in [0.25, 0.3) is 0 Å². The van der Waals surface area contributed by atoms with Gasteiger partial charge in [-0.15, -0.1) is 0 Å². The predicted octanol–water partition coefficient (Wildman–Crippen LogP) is 9.95. The first-order chi connectivity index (χ1) is 15.5. The number of rotatable bonds is 12. The smallest absolute Gasteiger partial charge is 0.126 e. The Morgan fingerprint density at radius 1 is 0.879 bits per heavy atom. The molecule has 192 valence electrons. The van der Waals surface area contributed by atoms with Crippen LogP contribution in [0.3, 0.4) is 0 Å². The van der Waals surface area contributed by atoms with E-state index in [-0.39, 0.29) is 5.60 Å². The largest absolute Gasteiger partial charge is 0.508 e. The third-order valence-corrected chi connectivity index (χ3v) is 7.44. The number of ether oxygens (including phenoxy) is 1. The number of aryl methyl sites for hydroxylation is 1. The van der Waals surface area contributed by atoms with Gasteiger partial charge in [0.25, 0.3) is 0 Å². The minimum Gasteiger partial charge on any atom is -0.508 e. The molecular formula is C31H56O2. The van der Waals surface area contributed by atoms with Crippen molar-refractivity contribution in [2.45, 2.75) is 145 Å². The number of phenols is 1. The molecule has 1 aromatic rings. The Balaban J connectivity index is 0.00000172. The molecule has 0 aliphatic carbocycles. The van der Waals surface area contributed by atoms with Gasteiger partial charge in [-0.1, -0.05) is 92.9 Å². The van der Waals surface area contributed by atoms with Gasteiger partial charge in [-0.3, -0.25) is 0 Å². The van der Waals surface area contributed by atoms with Gasteiger partial charge >= 0.3 is 0 Å². The normalized spacial score (nSPS) is 19.3. The number of hydrogen-bond acceptors (Lipinski definition) is 2. The lowest BCUT2D eigenvalue weighted by atomic mass is 9.85. The Kier molecular flexibility index (Phi) is 13.5. The molecule has 0 fully saturated rings. The van der Waals surface area contributed by atoms with Crippen LogP contribution in [0.4, 0.5) is 0 Å². The van der Waals surface area contributed by atoms with Gasteiger partial charge in [0.2, 0.25) is 0 Å². The van der Waals surface area contributed by atoms with Crippen molar-refractivity contribution >= 4 is 0 Å². The molecule has 0 amide bonds. The second-order valence-corrected chi connectivity index (χ2v) is 11.8. The SMILES string of the molecule is CCC.Cc1c(O)cc2c(c1C)O[C@](C)(CCC[C@H](C)CCC[C@H](C)CCCC(C)C)CC2. The van der Waals surface area contributed by atoms with E-state index in [0.717, 1.165) is 53.9 Å². The number of hydrogen-bond donors (Lipinski definition) is 1. The van der Waals surface area contributed by atoms with Crippen LogP contribution in [0.2, 0.25) is 0 Å². The Labute approximate surface area is 206 Å². The van der Waals surface area contributed by atoms with Crippen molar-refractivity contribution in [1.82, 2.24) is 0 Å². The van der Waals surface area contributed by atoms with Crippen molar-refractivity contribution in [2.24, 2.45) is 17.8 Å². The maximum Gasteiger partial charge on any atom is 0.126 e. The van der Waals surface area contributed by atoms with Crippen molar-refractivity contribution in [3.63, 3.8) is 0 Å². The lowest BCUT2D eigenvalue weighted by Gasteiger charge is -2.37. The van der Waals surface area contributed by atoms with E-state index in [1.807, 2.05) is 13.0 Å². The number of benzene rings is 1. The quantitative estimate of drug-likeness (QED) is 0.336. The van der Waals surface area contributed by atoms with Gasteiger partial charge in [0.15, 0.2) is 0 Å². The summed E-state index contributed by atoms with van der Waals surface area (Å²) in [5.41, 5.74) is 3.16. The van der Waals surface area contributed by atoms with Gasteiger partial charge in [-0.25, -0.2) is 0 Å². The Hall–Kier alpha value is -1.18. The first kappa shape index (κ1) is 29.9. The number of aromatic hydroxyl groups is 1. The molecule has 2 rings (SSSR count). The highest BCUT2D eigenvalue weighted by atomic mass is 16.5. The lowest BCUT2D eigenvalue weighted by molar-refractivity contribution is 0.0514. The summed E-state index contributed by atoms with van der Waals surface area (Å²) >= 11 is 0. The Bertz CT molecular complexity index is 678. The minimum absolute atomic E-state index is 0.0637. The first-order valence-electron chi connectivity index (χ1n) is 14.0. The molecule has 2 heteroatoms. The molecule has 0 spiro atoms. The van der Waals surface area contributed by atoms with E-state index >= 15 is 0 Å². The highest BCUT2D eigenvalue weighted by molar-refractivity contribution is 5.53. The zero-order valence-electron chi connectivity index (χ0n) is 23.7. The van der Waals surface area contributed by atoms with Gasteiger partial charge in [0.1, 0.15) is 17.1 Å². The van der Waals surface area contributed by atoms with E-state index in [1.165, 1.54) is 63.4 Å². The molecule has 0 radical (unpaired) electrons. The van der Waals surface area contributed by atoms with Crippen molar-refractivity contribution in [3.8, 4) is 11.5 Å². The molecule has 1 heterocycles. The Morgan fingerprint density at radius 2 is 1.39 bits per heavy atom. The highest BCUT2D eigenvalue weighted by Crippen LogP contribution is 2.42. The van der Waals surface area contributed by atoms with E-state index in [9.17, 15) is 5.11 Å². The third-order valence-electron chi connectivity index (χ3n) is 7.44. The molecule has 0 unspecified atom stereocenters. The van der Waals surface area contributed by atoms with Crippen molar-refractivity contribution in [2.75, 3.05) is 0 Å². The van der Waals surface area contributed by atoms with Gasteiger partial charge < -0.3 is 9.84 Å². The summed E-state index contributed by atoms with van der Waals surface area (Å²) in [4.78, 5) is 0. The summed E-state index contributed by atoms with van der Waals surface area (Å²) in [5.74, 6) is 3.98. The van der Waals surface area contributed by atoms with Crippen LogP contribution in [0.15, 0.2) is 6.07 Å². The van der Waals surface area contributed by atoms with E-state index in [1.54, 1.807) is 0 Å². The maximum atomic E-state index is 10.1. The monoisotopic (exact) mass is 460 g/mol. The van der Waals surface area contributed by atoms with Crippen molar-refractivity contribution in [1.29, 1.82) is 0 Å². The molecule has 1 aliphatic heterocycles. The third kappa shape index (κ3) is 10.7. The van der Waals surface area contributed by atoms with E-state index in [2.05, 4.69) is 55.4 Å².